The van der Waals surface area contributed by atoms with Crippen LogP contribution < -0.4 is 0 Å². The van der Waals surface area contributed by atoms with Gasteiger partial charge in [0.25, 0.3) is 0 Å². The summed E-state index contributed by atoms with van der Waals surface area (Å²) in [6.45, 7) is 3.29. The Labute approximate surface area is 138 Å². The topological polar surface area (TPSA) is 53.1 Å². The van der Waals surface area contributed by atoms with Crippen molar-refractivity contribution in [2.45, 2.75) is 19.4 Å². The number of benzene rings is 1. The van der Waals surface area contributed by atoms with Gasteiger partial charge in [0.1, 0.15) is 5.76 Å². The molecule has 3 aromatic rings. The van der Waals surface area contributed by atoms with Crippen LogP contribution in [0, 0.1) is 6.92 Å². The number of ether oxygens (including phenoxy) is 1. The molecule has 0 spiro atoms. The van der Waals surface area contributed by atoms with Crippen molar-refractivity contribution >= 4 is 11.6 Å². The third-order valence-corrected chi connectivity index (χ3v) is 4.29. The zero-order valence-electron chi connectivity index (χ0n) is 12.7. The molecule has 118 valence electrons. The fraction of sp³-hybridized carbons (Fsp3) is 0.294. The zero-order chi connectivity index (χ0) is 15.8. The number of aryl methyl sites for hydroxylation is 1. The summed E-state index contributed by atoms with van der Waals surface area (Å²) >= 11 is 6.29. The Morgan fingerprint density at radius 1 is 1.22 bits per heavy atom. The Balaban J connectivity index is 1.85. The van der Waals surface area contributed by atoms with E-state index < -0.39 is 0 Å². The second kappa shape index (κ2) is 5.83. The Bertz CT molecular complexity index is 834. The van der Waals surface area contributed by atoms with Gasteiger partial charge in [-0.05, 0) is 37.6 Å². The van der Waals surface area contributed by atoms with Crippen LogP contribution in [0.2, 0.25) is 5.02 Å². The average Bonchev–Trinajstić information content (AvgIpc) is 3.27. The third kappa shape index (κ3) is 2.66. The normalized spacial score (nSPS) is 17.7. The van der Waals surface area contributed by atoms with Crippen LogP contribution in [0.3, 0.4) is 0 Å². The minimum Gasteiger partial charge on any atom is -0.458 e. The molecule has 1 atom stereocenters. The van der Waals surface area contributed by atoms with Crippen LogP contribution in [-0.2, 0) is 4.74 Å². The second-order valence-corrected chi connectivity index (χ2v) is 6.02. The van der Waals surface area contributed by atoms with Gasteiger partial charge in [-0.3, -0.25) is 0 Å². The molecule has 4 rings (SSSR count). The summed E-state index contributed by atoms with van der Waals surface area (Å²) in [7, 11) is 0. The molecule has 1 aliphatic rings. The predicted molar refractivity (Wildman–Crippen MR) is 87.4 cm³/mol. The van der Waals surface area contributed by atoms with Gasteiger partial charge in [-0.2, -0.15) is 0 Å². The Hall–Kier alpha value is -2.11. The molecule has 6 heteroatoms. The number of nitrogens with zero attached hydrogens (tertiary/aromatic N) is 3. The van der Waals surface area contributed by atoms with Crippen molar-refractivity contribution in [3.05, 3.63) is 47.2 Å². The molecule has 2 aromatic heterocycles. The summed E-state index contributed by atoms with van der Waals surface area (Å²) in [6, 6.07) is 11.6. The van der Waals surface area contributed by atoms with Crippen molar-refractivity contribution in [3.8, 4) is 23.0 Å². The lowest BCUT2D eigenvalue weighted by atomic mass is 10.2. The fourth-order valence-electron chi connectivity index (χ4n) is 2.77. The van der Waals surface area contributed by atoms with Crippen molar-refractivity contribution in [2.24, 2.45) is 0 Å². The molecule has 1 unspecified atom stereocenters. The largest absolute Gasteiger partial charge is 0.458 e. The van der Waals surface area contributed by atoms with E-state index in [1.165, 1.54) is 0 Å². The predicted octanol–water partition coefficient (Wildman–Crippen LogP) is 4.13. The summed E-state index contributed by atoms with van der Waals surface area (Å²) in [6.07, 6.45) is 0.915. The first-order valence-corrected chi connectivity index (χ1v) is 7.96. The minimum atomic E-state index is 0.166. The van der Waals surface area contributed by atoms with Crippen molar-refractivity contribution in [1.82, 2.24) is 14.8 Å². The lowest BCUT2D eigenvalue weighted by molar-refractivity contribution is 0.184. The molecule has 0 amide bonds. The summed E-state index contributed by atoms with van der Waals surface area (Å²) < 4.78 is 13.2. The molecule has 0 saturated carbocycles. The van der Waals surface area contributed by atoms with E-state index in [4.69, 9.17) is 25.9 Å². The van der Waals surface area contributed by atoms with Crippen LogP contribution in [0.5, 0.6) is 0 Å². The van der Waals surface area contributed by atoms with Gasteiger partial charge in [0.2, 0.25) is 0 Å². The van der Waals surface area contributed by atoms with E-state index in [0.717, 1.165) is 24.4 Å². The van der Waals surface area contributed by atoms with E-state index in [-0.39, 0.29) is 6.04 Å². The van der Waals surface area contributed by atoms with Gasteiger partial charge in [0.05, 0.1) is 17.7 Å². The summed E-state index contributed by atoms with van der Waals surface area (Å²) in [5.41, 5.74) is 0.816. The van der Waals surface area contributed by atoms with Gasteiger partial charge >= 0.3 is 0 Å². The summed E-state index contributed by atoms with van der Waals surface area (Å²) in [5.74, 6) is 2.87. The maximum atomic E-state index is 6.29. The van der Waals surface area contributed by atoms with Crippen molar-refractivity contribution in [2.75, 3.05) is 13.2 Å². The van der Waals surface area contributed by atoms with Gasteiger partial charge in [-0.25, -0.2) is 9.67 Å². The molecule has 5 nitrogen and oxygen atoms in total. The van der Waals surface area contributed by atoms with Gasteiger partial charge in [-0.15, -0.1) is 5.10 Å². The molecule has 3 heterocycles. The molecule has 0 radical (unpaired) electrons. The molecule has 1 aliphatic heterocycles. The summed E-state index contributed by atoms with van der Waals surface area (Å²) in [5, 5.41) is 5.32. The number of furan rings is 1. The summed E-state index contributed by atoms with van der Waals surface area (Å²) in [4.78, 5) is 4.69. The number of hydrogen-bond donors (Lipinski definition) is 0. The Morgan fingerprint density at radius 2 is 2.09 bits per heavy atom. The highest BCUT2D eigenvalue weighted by atomic mass is 35.5. The van der Waals surface area contributed by atoms with Crippen LogP contribution in [0.1, 0.15) is 18.2 Å². The van der Waals surface area contributed by atoms with Gasteiger partial charge < -0.3 is 9.15 Å². The highest BCUT2D eigenvalue weighted by molar-refractivity contribution is 6.33. The lowest BCUT2D eigenvalue weighted by Gasteiger charge is -2.09. The number of aromatic nitrogens is 3. The number of halogens is 1. The van der Waals surface area contributed by atoms with Gasteiger partial charge in [0.15, 0.2) is 17.4 Å². The number of rotatable bonds is 3. The molecular weight excluding hydrogens is 314 g/mol. The second-order valence-electron chi connectivity index (χ2n) is 5.61. The first kappa shape index (κ1) is 14.5. The van der Waals surface area contributed by atoms with E-state index in [1.807, 2.05) is 48.0 Å². The van der Waals surface area contributed by atoms with Crippen molar-refractivity contribution in [1.29, 1.82) is 0 Å². The Morgan fingerprint density at radius 3 is 2.78 bits per heavy atom. The Kier molecular flexibility index (Phi) is 3.67. The zero-order valence-corrected chi connectivity index (χ0v) is 13.5. The van der Waals surface area contributed by atoms with Crippen molar-refractivity contribution in [3.63, 3.8) is 0 Å². The van der Waals surface area contributed by atoms with Gasteiger partial charge in [0, 0.05) is 12.2 Å². The van der Waals surface area contributed by atoms with Gasteiger partial charge in [-0.1, -0.05) is 23.7 Å². The first-order chi connectivity index (χ1) is 11.2. The third-order valence-electron chi connectivity index (χ3n) is 3.96. The van der Waals surface area contributed by atoms with Crippen LogP contribution in [0.4, 0.5) is 0 Å². The first-order valence-electron chi connectivity index (χ1n) is 7.58. The fourth-order valence-corrected chi connectivity index (χ4v) is 2.99. The van der Waals surface area contributed by atoms with E-state index in [1.54, 1.807) is 0 Å². The van der Waals surface area contributed by atoms with Crippen molar-refractivity contribution < 1.29 is 9.15 Å². The molecule has 0 N–H and O–H groups in total. The molecule has 23 heavy (non-hydrogen) atoms. The van der Waals surface area contributed by atoms with Crippen LogP contribution in [0.25, 0.3) is 23.0 Å². The average molecular weight is 330 g/mol. The van der Waals surface area contributed by atoms with Crippen LogP contribution in [0.15, 0.2) is 40.8 Å². The van der Waals surface area contributed by atoms with E-state index in [2.05, 4.69) is 4.98 Å². The maximum absolute atomic E-state index is 6.29. The molecule has 0 bridgehead atoms. The smallest absolute Gasteiger partial charge is 0.195 e. The maximum Gasteiger partial charge on any atom is 0.195 e. The SMILES string of the molecule is Cc1ccc(-c2nc(-c3ccccc3Cl)nn2C2CCOC2)o1. The highest BCUT2D eigenvalue weighted by Crippen LogP contribution is 2.31. The quantitative estimate of drug-likeness (QED) is 0.725. The highest BCUT2D eigenvalue weighted by Gasteiger charge is 2.26. The molecular formula is C17H16ClN3O2. The number of hydrogen-bond acceptors (Lipinski definition) is 4. The standard InChI is InChI=1S/C17H16ClN3O2/c1-11-6-7-15(23-11)17-19-16(13-4-2-3-5-14(13)18)20-21(17)12-8-9-22-10-12/h2-7,12H,8-10H2,1H3. The monoisotopic (exact) mass is 329 g/mol. The molecule has 1 aromatic carbocycles. The van der Waals surface area contributed by atoms with E-state index >= 15 is 0 Å². The van der Waals surface area contributed by atoms with E-state index in [9.17, 15) is 0 Å². The minimum absolute atomic E-state index is 0.166. The van der Waals surface area contributed by atoms with Crippen LogP contribution >= 0.6 is 11.6 Å². The molecule has 1 fully saturated rings. The molecule has 0 aliphatic carbocycles. The van der Waals surface area contributed by atoms with Crippen LogP contribution in [-0.4, -0.2) is 28.0 Å². The van der Waals surface area contributed by atoms with E-state index in [0.29, 0.717) is 29.0 Å². The molecule has 1 saturated heterocycles. The lowest BCUT2D eigenvalue weighted by Crippen LogP contribution is -2.11.